The second-order valence-corrected chi connectivity index (χ2v) is 4.67. The van der Waals surface area contributed by atoms with Crippen LogP contribution in [0.4, 0.5) is 4.79 Å². The summed E-state index contributed by atoms with van der Waals surface area (Å²) in [5.74, 6) is -2.92. The molecule has 0 bridgehead atoms. The Hall–Kier alpha value is -3.10. The van der Waals surface area contributed by atoms with Gasteiger partial charge < -0.3 is 18.9 Å². The van der Waals surface area contributed by atoms with Crippen LogP contribution in [0, 0.1) is 0 Å². The average molecular weight is 337 g/mol. The molecule has 0 atom stereocenters. The highest BCUT2D eigenvalue weighted by Gasteiger charge is 2.38. The normalized spacial score (nSPS) is 18.9. The molecule has 0 unspecified atom stereocenters. The number of carbonyl (C=O) groups is 4. The number of amides is 1. The number of rotatable bonds is 2. The highest BCUT2D eigenvalue weighted by molar-refractivity contribution is 5.95. The standard InChI is InChI=1S/C15H15NO8/c1-4-22-15(20)16-8(2)9(14(19)21-3)7-10-13(16)24-12(18)6-5-11(17)23-10/h5-6H,4,7H2,1-3H3/b6-5-. The lowest BCUT2D eigenvalue weighted by molar-refractivity contribution is -0.142. The molecule has 2 heterocycles. The summed E-state index contributed by atoms with van der Waals surface area (Å²) in [6.07, 6.45) is 0.669. The summed E-state index contributed by atoms with van der Waals surface area (Å²) in [5.41, 5.74) is 0.213. The van der Waals surface area contributed by atoms with Crippen molar-refractivity contribution in [1.29, 1.82) is 0 Å². The lowest BCUT2D eigenvalue weighted by Gasteiger charge is -2.31. The van der Waals surface area contributed by atoms with Gasteiger partial charge in [-0.1, -0.05) is 0 Å². The van der Waals surface area contributed by atoms with Gasteiger partial charge in [0.25, 0.3) is 5.88 Å². The second kappa shape index (κ2) is 6.99. The molecule has 0 spiro atoms. The van der Waals surface area contributed by atoms with Gasteiger partial charge in [-0.3, -0.25) is 0 Å². The summed E-state index contributed by atoms with van der Waals surface area (Å²) in [6.45, 7) is 3.09. The van der Waals surface area contributed by atoms with Gasteiger partial charge in [-0.25, -0.2) is 24.1 Å². The Bertz CT molecular complexity index is 700. The largest absolute Gasteiger partial charge is 0.466 e. The highest BCUT2D eigenvalue weighted by atomic mass is 16.6. The molecular weight excluding hydrogens is 322 g/mol. The van der Waals surface area contributed by atoms with E-state index in [2.05, 4.69) is 4.74 Å². The average Bonchev–Trinajstić information content (AvgIpc) is 2.53. The Balaban J connectivity index is 2.54. The first-order chi connectivity index (χ1) is 11.4. The van der Waals surface area contributed by atoms with Crippen molar-refractivity contribution in [1.82, 2.24) is 4.90 Å². The molecule has 2 rings (SSSR count). The molecule has 24 heavy (non-hydrogen) atoms. The summed E-state index contributed by atoms with van der Waals surface area (Å²) >= 11 is 0. The van der Waals surface area contributed by atoms with Crippen molar-refractivity contribution in [2.45, 2.75) is 20.3 Å². The molecular formula is C15H15NO8. The zero-order chi connectivity index (χ0) is 17.9. The third-order valence-electron chi connectivity index (χ3n) is 3.21. The molecule has 9 nitrogen and oxygen atoms in total. The van der Waals surface area contributed by atoms with Crippen molar-refractivity contribution >= 4 is 24.0 Å². The zero-order valence-corrected chi connectivity index (χ0v) is 13.3. The minimum absolute atomic E-state index is 0.0480. The van der Waals surface area contributed by atoms with Gasteiger partial charge in [-0.05, 0) is 13.8 Å². The van der Waals surface area contributed by atoms with E-state index in [1.165, 1.54) is 14.0 Å². The first-order valence-corrected chi connectivity index (χ1v) is 6.98. The highest BCUT2D eigenvalue weighted by Crippen LogP contribution is 2.34. The number of allylic oxidation sites excluding steroid dienone is 2. The molecule has 0 aromatic heterocycles. The minimum Gasteiger partial charge on any atom is -0.466 e. The van der Waals surface area contributed by atoms with Crippen LogP contribution in [0.2, 0.25) is 0 Å². The van der Waals surface area contributed by atoms with E-state index < -0.39 is 24.0 Å². The van der Waals surface area contributed by atoms with Gasteiger partial charge in [0.1, 0.15) is 0 Å². The van der Waals surface area contributed by atoms with Crippen LogP contribution >= 0.6 is 0 Å². The number of esters is 3. The summed E-state index contributed by atoms with van der Waals surface area (Å²) in [4.78, 5) is 48.4. The van der Waals surface area contributed by atoms with Gasteiger partial charge in [0.15, 0.2) is 5.76 Å². The van der Waals surface area contributed by atoms with E-state index in [0.717, 1.165) is 17.1 Å². The molecule has 0 aromatic rings. The maximum absolute atomic E-state index is 12.2. The molecule has 0 saturated carbocycles. The van der Waals surface area contributed by atoms with Gasteiger partial charge in [-0.2, -0.15) is 0 Å². The summed E-state index contributed by atoms with van der Waals surface area (Å²) < 4.78 is 19.7. The molecule has 0 aliphatic carbocycles. The third kappa shape index (κ3) is 3.29. The van der Waals surface area contributed by atoms with Crippen LogP contribution in [0.3, 0.4) is 0 Å². The van der Waals surface area contributed by atoms with Gasteiger partial charge in [0.2, 0.25) is 0 Å². The summed E-state index contributed by atoms with van der Waals surface area (Å²) in [7, 11) is 1.17. The van der Waals surface area contributed by atoms with Crippen LogP contribution in [0.15, 0.2) is 35.1 Å². The van der Waals surface area contributed by atoms with E-state index in [4.69, 9.17) is 14.2 Å². The van der Waals surface area contributed by atoms with Crippen molar-refractivity contribution < 1.29 is 38.1 Å². The zero-order valence-electron chi connectivity index (χ0n) is 13.3. The van der Waals surface area contributed by atoms with Gasteiger partial charge in [0.05, 0.1) is 19.3 Å². The SMILES string of the molecule is CCOC(=O)N1C(C)=C(C(=O)OC)CC2=C1OC(=O)/C=C\C(=O)O2. The third-order valence-corrected chi connectivity index (χ3v) is 3.21. The van der Waals surface area contributed by atoms with Crippen molar-refractivity contribution in [2.75, 3.05) is 13.7 Å². The molecule has 128 valence electrons. The Kier molecular flexibility index (Phi) is 5.02. The lowest BCUT2D eigenvalue weighted by Crippen LogP contribution is -2.37. The Labute approximate surface area is 137 Å². The minimum atomic E-state index is -0.892. The summed E-state index contributed by atoms with van der Waals surface area (Å²) in [6, 6.07) is 0. The van der Waals surface area contributed by atoms with Crippen LogP contribution in [-0.4, -0.2) is 42.6 Å². The van der Waals surface area contributed by atoms with Crippen LogP contribution in [0.1, 0.15) is 20.3 Å². The van der Waals surface area contributed by atoms with Crippen molar-refractivity contribution in [3.8, 4) is 0 Å². The second-order valence-electron chi connectivity index (χ2n) is 4.67. The van der Waals surface area contributed by atoms with E-state index in [9.17, 15) is 19.2 Å². The number of hydrogen-bond donors (Lipinski definition) is 0. The first kappa shape index (κ1) is 17.3. The van der Waals surface area contributed by atoms with Crippen LogP contribution in [-0.2, 0) is 33.3 Å². The molecule has 0 fully saturated rings. The van der Waals surface area contributed by atoms with Gasteiger partial charge in [-0.15, -0.1) is 0 Å². The quantitative estimate of drug-likeness (QED) is 0.545. The summed E-state index contributed by atoms with van der Waals surface area (Å²) in [5, 5.41) is 0. The van der Waals surface area contributed by atoms with Crippen LogP contribution in [0.5, 0.6) is 0 Å². The predicted octanol–water partition coefficient (Wildman–Crippen LogP) is 1.12. The maximum atomic E-state index is 12.2. The fourth-order valence-electron chi connectivity index (χ4n) is 2.13. The van der Waals surface area contributed by atoms with Crippen LogP contribution < -0.4 is 0 Å². The monoisotopic (exact) mass is 337 g/mol. The Morgan fingerprint density at radius 3 is 2.42 bits per heavy atom. The lowest BCUT2D eigenvalue weighted by atomic mass is 10.1. The Morgan fingerprint density at radius 2 is 1.83 bits per heavy atom. The Morgan fingerprint density at radius 1 is 1.21 bits per heavy atom. The van der Waals surface area contributed by atoms with E-state index in [1.807, 2.05) is 0 Å². The molecule has 2 aliphatic rings. The van der Waals surface area contributed by atoms with Crippen molar-refractivity contribution in [3.63, 3.8) is 0 Å². The van der Waals surface area contributed by atoms with Crippen LogP contribution in [0.25, 0.3) is 0 Å². The topological polar surface area (TPSA) is 108 Å². The smallest absolute Gasteiger partial charge is 0.421 e. The number of carbonyl (C=O) groups excluding carboxylic acids is 4. The molecule has 0 radical (unpaired) electrons. The molecule has 0 saturated heterocycles. The predicted molar refractivity (Wildman–Crippen MR) is 76.5 cm³/mol. The molecule has 9 heteroatoms. The van der Waals surface area contributed by atoms with Gasteiger partial charge in [0, 0.05) is 24.3 Å². The fraction of sp³-hybridized carbons (Fsp3) is 0.333. The fourth-order valence-corrected chi connectivity index (χ4v) is 2.13. The molecule has 0 aromatic carbocycles. The number of methoxy groups -OCH3 is 1. The van der Waals surface area contributed by atoms with Crippen molar-refractivity contribution in [2.24, 2.45) is 0 Å². The number of ether oxygens (including phenoxy) is 4. The molecule has 2 aliphatic heterocycles. The number of nitrogens with zero attached hydrogens (tertiary/aromatic N) is 1. The van der Waals surface area contributed by atoms with E-state index >= 15 is 0 Å². The van der Waals surface area contributed by atoms with E-state index in [0.29, 0.717) is 0 Å². The number of hydrogen-bond acceptors (Lipinski definition) is 8. The van der Waals surface area contributed by atoms with Gasteiger partial charge >= 0.3 is 24.0 Å². The van der Waals surface area contributed by atoms with E-state index in [-0.39, 0.29) is 35.9 Å². The maximum Gasteiger partial charge on any atom is 0.421 e. The molecule has 1 amide bonds. The van der Waals surface area contributed by atoms with Crippen molar-refractivity contribution in [3.05, 3.63) is 35.1 Å². The molecule has 0 N–H and O–H groups in total. The first-order valence-electron chi connectivity index (χ1n) is 6.98. The van der Waals surface area contributed by atoms with E-state index in [1.54, 1.807) is 6.92 Å².